The summed E-state index contributed by atoms with van der Waals surface area (Å²) in [7, 11) is -2.08. The molecule has 170 valence electrons. The van der Waals surface area contributed by atoms with E-state index in [9.17, 15) is 13.2 Å². The Morgan fingerprint density at radius 2 is 1.94 bits per heavy atom. The number of benzene rings is 1. The number of methoxy groups -OCH3 is 1. The second kappa shape index (κ2) is 11.0. The van der Waals surface area contributed by atoms with Crippen LogP contribution in [0.5, 0.6) is 11.5 Å². The fourth-order valence-corrected chi connectivity index (χ4v) is 6.27. The van der Waals surface area contributed by atoms with E-state index in [1.807, 2.05) is 18.2 Å². The van der Waals surface area contributed by atoms with Crippen molar-refractivity contribution in [3.8, 4) is 11.5 Å². The molecule has 1 aromatic heterocycles. The van der Waals surface area contributed by atoms with E-state index in [-0.39, 0.29) is 16.3 Å². The summed E-state index contributed by atoms with van der Waals surface area (Å²) in [5, 5.41) is 4.48. The van der Waals surface area contributed by atoms with Gasteiger partial charge in [-0.05, 0) is 48.4 Å². The molecule has 0 unspecified atom stereocenters. The normalized spacial score (nSPS) is 14.9. The van der Waals surface area contributed by atoms with Gasteiger partial charge in [-0.3, -0.25) is 4.79 Å². The summed E-state index contributed by atoms with van der Waals surface area (Å²) < 4.78 is 38.6. The zero-order chi connectivity index (χ0) is 22.3. The SMILES string of the molecule is CCCCOc1ccc(CNC(=O)c2sccc2S(=O)(=O)N2CCCCC2)cc1OC. The molecule has 1 saturated heterocycles. The molecule has 1 N–H and O–H groups in total. The van der Waals surface area contributed by atoms with Gasteiger partial charge in [-0.15, -0.1) is 11.3 Å². The molecule has 0 atom stereocenters. The molecule has 3 rings (SSSR count). The fourth-order valence-electron chi connectivity index (χ4n) is 3.44. The third kappa shape index (κ3) is 5.78. The van der Waals surface area contributed by atoms with Gasteiger partial charge >= 0.3 is 0 Å². The average Bonchev–Trinajstić information content (AvgIpc) is 3.30. The van der Waals surface area contributed by atoms with Crippen molar-refractivity contribution in [3.05, 3.63) is 40.1 Å². The molecule has 0 radical (unpaired) electrons. The van der Waals surface area contributed by atoms with E-state index < -0.39 is 15.9 Å². The maximum absolute atomic E-state index is 13.0. The molecule has 9 heteroatoms. The van der Waals surface area contributed by atoms with Crippen LogP contribution < -0.4 is 14.8 Å². The minimum Gasteiger partial charge on any atom is -0.493 e. The molecule has 1 aliphatic heterocycles. The zero-order valence-corrected chi connectivity index (χ0v) is 19.7. The molecule has 2 aromatic rings. The topological polar surface area (TPSA) is 84.9 Å². The molecule has 7 nitrogen and oxygen atoms in total. The first-order valence-electron chi connectivity index (χ1n) is 10.6. The van der Waals surface area contributed by atoms with Crippen LogP contribution in [0, 0.1) is 0 Å². The lowest BCUT2D eigenvalue weighted by Gasteiger charge is -2.25. The van der Waals surface area contributed by atoms with E-state index in [2.05, 4.69) is 12.2 Å². The number of piperidine rings is 1. The van der Waals surface area contributed by atoms with Gasteiger partial charge in [0.2, 0.25) is 10.0 Å². The first-order valence-corrected chi connectivity index (χ1v) is 12.9. The number of nitrogens with one attached hydrogen (secondary N) is 1. The number of carbonyl (C=O) groups excluding carboxylic acids is 1. The second-order valence-corrected chi connectivity index (χ2v) is 10.3. The van der Waals surface area contributed by atoms with Gasteiger partial charge in [0, 0.05) is 19.6 Å². The highest BCUT2D eigenvalue weighted by atomic mass is 32.2. The molecule has 0 aliphatic carbocycles. The van der Waals surface area contributed by atoms with E-state index in [1.165, 1.54) is 10.4 Å². The standard InChI is InChI=1S/C22H30N2O5S2/c1-3-4-13-29-18-9-8-17(15-19(18)28-2)16-23-22(25)21-20(10-14-30-21)31(26,27)24-11-6-5-7-12-24/h8-10,14-15H,3-7,11-13,16H2,1-2H3,(H,23,25). The van der Waals surface area contributed by atoms with Crippen molar-refractivity contribution in [3.63, 3.8) is 0 Å². The van der Waals surface area contributed by atoms with Crippen molar-refractivity contribution < 1.29 is 22.7 Å². The number of ether oxygens (including phenoxy) is 2. The predicted octanol–water partition coefficient (Wildman–Crippen LogP) is 4.04. The summed E-state index contributed by atoms with van der Waals surface area (Å²) in [4.78, 5) is 13.1. The third-order valence-electron chi connectivity index (χ3n) is 5.20. The van der Waals surface area contributed by atoms with E-state index in [0.29, 0.717) is 31.2 Å². The van der Waals surface area contributed by atoms with Crippen LogP contribution in [-0.4, -0.2) is 45.4 Å². The lowest BCUT2D eigenvalue weighted by Crippen LogP contribution is -2.36. The van der Waals surface area contributed by atoms with Gasteiger partial charge in [0.25, 0.3) is 5.91 Å². The lowest BCUT2D eigenvalue weighted by atomic mass is 10.2. The summed E-state index contributed by atoms with van der Waals surface area (Å²) in [5.41, 5.74) is 0.838. The molecular weight excluding hydrogens is 436 g/mol. The number of nitrogens with zero attached hydrogens (tertiary/aromatic N) is 1. The Bertz CT molecular complexity index is 982. The molecule has 2 heterocycles. The quantitative estimate of drug-likeness (QED) is 0.534. The molecule has 1 fully saturated rings. The smallest absolute Gasteiger partial charge is 0.263 e. The third-order valence-corrected chi connectivity index (χ3v) is 8.19. The van der Waals surface area contributed by atoms with Crippen LogP contribution in [-0.2, 0) is 16.6 Å². The summed E-state index contributed by atoms with van der Waals surface area (Å²) in [6.45, 7) is 3.99. The van der Waals surface area contributed by atoms with E-state index in [0.717, 1.165) is 49.0 Å². The molecule has 1 amide bonds. The maximum atomic E-state index is 13.0. The molecule has 0 saturated carbocycles. The number of amides is 1. The number of sulfonamides is 1. The number of rotatable bonds is 10. The summed E-state index contributed by atoms with van der Waals surface area (Å²) >= 11 is 1.14. The highest BCUT2D eigenvalue weighted by molar-refractivity contribution is 7.89. The van der Waals surface area contributed by atoms with Gasteiger partial charge in [0.15, 0.2) is 11.5 Å². The second-order valence-electron chi connectivity index (χ2n) is 7.45. The van der Waals surface area contributed by atoms with E-state index in [4.69, 9.17) is 9.47 Å². The first-order chi connectivity index (χ1) is 15.0. The number of carbonyl (C=O) groups is 1. The van der Waals surface area contributed by atoms with E-state index in [1.54, 1.807) is 12.5 Å². The zero-order valence-electron chi connectivity index (χ0n) is 18.1. The molecule has 31 heavy (non-hydrogen) atoms. The first kappa shape index (κ1) is 23.6. The summed E-state index contributed by atoms with van der Waals surface area (Å²) in [6.07, 6.45) is 4.75. The summed E-state index contributed by atoms with van der Waals surface area (Å²) in [5.74, 6) is 0.874. The lowest BCUT2D eigenvalue weighted by molar-refractivity contribution is 0.0951. The Balaban J connectivity index is 1.67. The van der Waals surface area contributed by atoms with Gasteiger partial charge in [-0.1, -0.05) is 25.8 Å². The highest BCUT2D eigenvalue weighted by Gasteiger charge is 2.30. The minimum absolute atomic E-state index is 0.0918. The molecule has 1 aliphatic rings. The maximum Gasteiger partial charge on any atom is 0.263 e. The molecule has 0 spiro atoms. The van der Waals surface area contributed by atoms with Crippen molar-refractivity contribution in [1.29, 1.82) is 0 Å². The van der Waals surface area contributed by atoms with Crippen LogP contribution in [0.15, 0.2) is 34.5 Å². The highest BCUT2D eigenvalue weighted by Crippen LogP contribution is 2.29. The molecule has 1 aromatic carbocycles. The van der Waals surface area contributed by atoms with Gasteiger partial charge in [0.05, 0.1) is 13.7 Å². The van der Waals surface area contributed by atoms with Crippen LogP contribution in [0.3, 0.4) is 0 Å². The average molecular weight is 467 g/mol. The summed E-state index contributed by atoms with van der Waals surface area (Å²) in [6, 6.07) is 7.04. The van der Waals surface area contributed by atoms with Gasteiger partial charge in [0.1, 0.15) is 9.77 Å². The number of hydrogen-bond acceptors (Lipinski definition) is 6. The van der Waals surface area contributed by atoms with Crippen LogP contribution in [0.25, 0.3) is 0 Å². The number of unbranched alkanes of at least 4 members (excludes halogenated alkanes) is 1. The predicted molar refractivity (Wildman–Crippen MR) is 121 cm³/mol. The monoisotopic (exact) mass is 466 g/mol. The molecule has 0 bridgehead atoms. The van der Waals surface area contributed by atoms with Gasteiger partial charge in [-0.25, -0.2) is 8.42 Å². The van der Waals surface area contributed by atoms with Crippen LogP contribution in [0.2, 0.25) is 0 Å². The Morgan fingerprint density at radius 3 is 2.65 bits per heavy atom. The van der Waals surface area contributed by atoms with E-state index >= 15 is 0 Å². The van der Waals surface area contributed by atoms with Crippen molar-refractivity contribution in [2.24, 2.45) is 0 Å². The van der Waals surface area contributed by atoms with Crippen molar-refractivity contribution >= 4 is 27.3 Å². The largest absolute Gasteiger partial charge is 0.493 e. The Labute approximate surface area is 188 Å². The van der Waals surface area contributed by atoms with Crippen molar-refractivity contribution in [2.75, 3.05) is 26.8 Å². The number of hydrogen-bond donors (Lipinski definition) is 1. The van der Waals surface area contributed by atoms with Crippen LogP contribution in [0.4, 0.5) is 0 Å². The Kier molecular flexibility index (Phi) is 8.34. The van der Waals surface area contributed by atoms with Crippen LogP contribution >= 0.6 is 11.3 Å². The Morgan fingerprint density at radius 1 is 1.16 bits per heavy atom. The van der Waals surface area contributed by atoms with Gasteiger partial charge in [-0.2, -0.15) is 4.31 Å². The fraction of sp³-hybridized carbons (Fsp3) is 0.500. The van der Waals surface area contributed by atoms with Gasteiger partial charge < -0.3 is 14.8 Å². The Hall–Kier alpha value is -2.10. The molecular formula is C22H30N2O5S2. The minimum atomic E-state index is -3.66. The number of thiophene rings is 1. The van der Waals surface area contributed by atoms with Crippen molar-refractivity contribution in [2.45, 2.75) is 50.5 Å². The van der Waals surface area contributed by atoms with Crippen molar-refractivity contribution in [1.82, 2.24) is 9.62 Å². The van der Waals surface area contributed by atoms with Crippen LogP contribution in [0.1, 0.15) is 54.3 Å².